The van der Waals surface area contributed by atoms with Crippen molar-refractivity contribution >= 4 is 5.91 Å². The molecule has 1 heterocycles. The number of benzene rings is 1. The number of aryl methyl sites for hydroxylation is 1. The van der Waals surface area contributed by atoms with E-state index in [1.54, 1.807) is 6.20 Å². The van der Waals surface area contributed by atoms with Gasteiger partial charge in [0.25, 0.3) is 5.91 Å². The first-order valence-electron chi connectivity index (χ1n) is 6.94. The van der Waals surface area contributed by atoms with Gasteiger partial charge in [-0.2, -0.15) is 5.10 Å². The second-order valence-corrected chi connectivity index (χ2v) is 4.57. The fourth-order valence-electron chi connectivity index (χ4n) is 1.91. The summed E-state index contributed by atoms with van der Waals surface area (Å²) in [4.78, 5) is 11.7. The standard InChI is InChI=1S/C15H20N4O2/c16-11-13-5-1-2-6-14(13)21-12-15(20)17-7-3-9-19-10-4-8-18-19/h1-2,4-6,8,10H,3,7,9,11-12,16H2,(H,17,20). The molecule has 1 aromatic carbocycles. The molecule has 6 heteroatoms. The number of nitrogens with one attached hydrogen (secondary N) is 1. The molecule has 0 saturated heterocycles. The minimum Gasteiger partial charge on any atom is -0.483 e. The van der Waals surface area contributed by atoms with Crippen LogP contribution in [0.5, 0.6) is 5.75 Å². The number of hydrogen-bond acceptors (Lipinski definition) is 4. The minimum absolute atomic E-state index is 0.00121. The van der Waals surface area contributed by atoms with Crippen molar-refractivity contribution in [3.63, 3.8) is 0 Å². The zero-order valence-corrected chi connectivity index (χ0v) is 11.9. The molecule has 2 rings (SSSR count). The van der Waals surface area contributed by atoms with Crippen molar-refractivity contribution in [2.45, 2.75) is 19.5 Å². The van der Waals surface area contributed by atoms with Gasteiger partial charge in [0.2, 0.25) is 0 Å². The van der Waals surface area contributed by atoms with Gasteiger partial charge in [-0.15, -0.1) is 0 Å². The molecular weight excluding hydrogens is 268 g/mol. The van der Waals surface area contributed by atoms with Crippen molar-refractivity contribution in [3.05, 3.63) is 48.3 Å². The largest absolute Gasteiger partial charge is 0.483 e. The van der Waals surface area contributed by atoms with Gasteiger partial charge >= 0.3 is 0 Å². The lowest BCUT2D eigenvalue weighted by Crippen LogP contribution is -2.30. The summed E-state index contributed by atoms with van der Waals surface area (Å²) in [5, 5.41) is 6.91. The number of ether oxygens (including phenoxy) is 1. The van der Waals surface area contributed by atoms with E-state index in [1.807, 2.05) is 41.2 Å². The van der Waals surface area contributed by atoms with E-state index in [0.717, 1.165) is 18.5 Å². The number of nitrogens with two attached hydrogens (primary N) is 1. The molecule has 0 unspecified atom stereocenters. The van der Waals surface area contributed by atoms with Gasteiger partial charge in [0, 0.05) is 37.6 Å². The first kappa shape index (κ1) is 15.1. The minimum atomic E-state index is -0.137. The van der Waals surface area contributed by atoms with E-state index in [2.05, 4.69) is 10.4 Å². The summed E-state index contributed by atoms with van der Waals surface area (Å²) in [6.07, 6.45) is 4.46. The summed E-state index contributed by atoms with van der Waals surface area (Å²) >= 11 is 0. The Morgan fingerprint density at radius 1 is 1.33 bits per heavy atom. The molecule has 0 aliphatic carbocycles. The molecule has 3 N–H and O–H groups in total. The van der Waals surface area contributed by atoms with Crippen molar-refractivity contribution in [1.29, 1.82) is 0 Å². The van der Waals surface area contributed by atoms with Gasteiger partial charge in [-0.05, 0) is 18.6 Å². The highest BCUT2D eigenvalue weighted by Crippen LogP contribution is 2.16. The van der Waals surface area contributed by atoms with Crippen molar-refractivity contribution in [1.82, 2.24) is 15.1 Å². The van der Waals surface area contributed by atoms with Crippen molar-refractivity contribution in [2.75, 3.05) is 13.2 Å². The Balaban J connectivity index is 1.65. The fraction of sp³-hybridized carbons (Fsp3) is 0.333. The van der Waals surface area contributed by atoms with Crippen LogP contribution in [0.3, 0.4) is 0 Å². The predicted octanol–water partition coefficient (Wildman–Crippen LogP) is 0.927. The Morgan fingerprint density at radius 2 is 2.19 bits per heavy atom. The average Bonchev–Trinajstić information content (AvgIpc) is 3.03. The molecule has 0 saturated carbocycles. The number of para-hydroxylation sites is 1. The van der Waals surface area contributed by atoms with Gasteiger partial charge in [0.15, 0.2) is 6.61 Å². The Hall–Kier alpha value is -2.34. The molecule has 6 nitrogen and oxygen atoms in total. The van der Waals surface area contributed by atoms with Crippen LogP contribution in [0.15, 0.2) is 42.7 Å². The highest BCUT2D eigenvalue weighted by molar-refractivity contribution is 5.77. The Labute approximate surface area is 123 Å². The van der Waals surface area contributed by atoms with Gasteiger partial charge in [0.05, 0.1) is 0 Å². The van der Waals surface area contributed by atoms with Crippen LogP contribution in [0.2, 0.25) is 0 Å². The van der Waals surface area contributed by atoms with Crippen molar-refractivity contribution < 1.29 is 9.53 Å². The summed E-state index contributed by atoms with van der Waals surface area (Å²) in [5.41, 5.74) is 6.51. The topological polar surface area (TPSA) is 82.2 Å². The molecule has 0 fully saturated rings. The third-order valence-electron chi connectivity index (χ3n) is 3.00. The van der Waals surface area contributed by atoms with E-state index in [9.17, 15) is 4.79 Å². The van der Waals surface area contributed by atoms with E-state index in [0.29, 0.717) is 18.8 Å². The predicted molar refractivity (Wildman–Crippen MR) is 79.7 cm³/mol. The zero-order valence-electron chi connectivity index (χ0n) is 11.9. The summed E-state index contributed by atoms with van der Waals surface area (Å²) in [6, 6.07) is 9.33. The first-order valence-corrected chi connectivity index (χ1v) is 6.94. The third kappa shape index (κ3) is 4.92. The summed E-state index contributed by atoms with van der Waals surface area (Å²) in [5.74, 6) is 0.522. The number of hydrogen-bond donors (Lipinski definition) is 2. The van der Waals surface area contributed by atoms with Gasteiger partial charge in [-0.1, -0.05) is 18.2 Å². The molecule has 0 atom stereocenters. The van der Waals surface area contributed by atoms with E-state index < -0.39 is 0 Å². The molecule has 0 radical (unpaired) electrons. The molecule has 21 heavy (non-hydrogen) atoms. The van der Waals surface area contributed by atoms with Gasteiger partial charge in [-0.3, -0.25) is 9.48 Å². The van der Waals surface area contributed by atoms with Crippen LogP contribution in [0.4, 0.5) is 0 Å². The van der Waals surface area contributed by atoms with Crippen LogP contribution in [-0.4, -0.2) is 28.8 Å². The van der Waals surface area contributed by atoms with E-state index in [4.69, 9.17) is 10.5 Å². The quantitative estimate of drug-likeness (QED) is 0.708. The molecule has 2 aromatic rings. The molecule has 0 bridgehead atoms. The SMILES string of the molecule is NCc1ccccc1OCC(=O)NCCCn1cccn1. The Bertz CT molecular complexity index is 555. The Kier molecular flexibility index (Phi) is 5.78. The third-order valence-corrected chi connectivity index (χ3v) is 3.00. The molecule has 0 aliphatic rings. The van der Waals surface area contributed by atoms with E-state index in [1.165, 1.54) is 0 Å². The molecule has 1 aromatic heterocycles. The zero-order chi connectivity index (χ0) is 14.9. The molecule has 0 spiro atoms. The van der Waals surface area contributed by atoms with Crippen LogP contribution < -0.4 is 15.8 Å². The molecule has 0 aliphatic heterocycles. The Morgan fingerprint density at radius 3 is 2.95 bits per heavy atom. The number of aromatic nitrogens is 2. The van der Waals surface area contributed by atoms with Gasteiger partial charge in [-0.25, -0.2) is 0 Å². The van der Waals surface area contributed by atoms with Crippen LogP contribution >= 0.6 is 0 Å². The van der Waals surface area contributed by atoms with Gasteiger partial charge < -0.3 is 15.8 Å². The maximum atomic E-state index is 11.7. The van der Waals surface area contributed by atoms with E-state index >= 15 is 0 Å². The van der Waals surface area contributed by atoms with Crippen LogP contribution in [0.1, 0.15) is 12.0 Å². The fourth-order valence-corrected chi connectivity index (χ4v) is 1.91. The maximum absolute atomic E-state index is 11.7. The number of carbonyl (C=O) groups excluding carboxylic acids is 1. The highest BCUT2D eigenvalue weighted by Gasteiger charge is 2.05. The molecular formula is C15H20N4O2. The van der Waals surface area contributed by atoms with Crippen molar-refractivity contribution in [3.8, 4) is 5.75 Å². The lowest BCUT2D eigenvalue weighted by molar-refractivity contribution is -0.123. The molecule has 1 amide bonds. The second kappa shape index (κ2) is 8.06. The van der Waals surface area contributed by atoms with E-state index in [-0.39, 0.29) is 12.5 Å². The number of nitrogens with zero attached hydrogens (tertiary/aromatic N) is 2. The number of amides is 1. The summed E-state index contributed by atoms with van der Waals surface area (Å²) in [7, 11) is 0. The highest BCUT2D eigenvalue weighted by atomic mass is 16.5. The normalized spacial score (nSPS) is 10.3. The van der Waals surface area contributed by atoms with Crippen molar-refractivity contribution in [2.24, 2.45) is 5.73 Å². The second-order valence-electron chi connectivity index (χ2n) is 4.57. The maximum Gasteiger partial charge on any atom is 0.257 e. The number of carbonyl (C=O) groups is 1. The average molecular weight is 288 g/mol. The van der Waals surface area contributed by atoms with Crippen LogP contribution in [0, 0.1) is 0 Å². The smallest absolute Gasteiger partial charge is 0.257 e. The molecule has 112 valence electrons. The summed E-state index contributed by atoms with van der Waals surface area (Å²) in [6.45, 7) is 1.77. The van der Waals surface area contributed by atoms with Crippen LogP contribution in [-0.2, 0) is 17.9 Å². The monoisotopic (exact) mass is 288 g/mol. The lowest BCUT2D eigenvalue weighted by Gasteiger charge is -2.10. The van der Waals surface area contributed by atoms with Crippen LogP contribution in [0.25, 0.3) is 0 Å². The first-order chi connectivity index (χ1) is 10.3. The summed E-state index contributed by atoms with van der Waals surface area (Å²) < 4.78 is 7.32. The van der Waals surface area contributed by atoms with Gasteiger partial charge in [0.1, 0.15) is 5.75 Å². The number of rotatable bonds is 8. The lowest BCUT2D eigenvalue weighted by atomic mass is 10.2.